The molecule has 2 atom stereocenters. The van der Waals surface area contributed by atoms with Gasteiger partial charge >= 0.3 is 0 Å². The van der Waals surface area contributed by atoms with Gasteiger partial charge in [-0.2, -0.15) is 0 Å². The predicted octanol–water partition coefficient (Wildman–Crippen LogP) is 4.50. The number of methoxy groups -OCH3 is 1. The van der Waals surface area contributed by atoms with Gasteiger partial charge in [0.15, 0.2) is 5.11 Å². The van der Waals surface area contributed by atoms with Crippen molar-refractivity contribution in [3.8, 4) is 5.69 Å². The number of benzene rings is 1. The Bertz CT molecular complexity index is 1020. The van der Waals surface area contributed by atoms with Crippen LogP contribution in [0.15, 0.2) is 60.9 Å². The number of aromatic nitrogens is 2. The third-order valence-corrected chi connectivity index (χ3v) is 6.15. The van der Waals surface area contributed by atoms with Crippen LogP contribution in [0.1, 0.15) is 41.0 Å². The highest BCUT2D eigenvalue weighted by Crippen LogP contribution is 2.39. The lowest BCUT2D eigenvalue weighted by molar-refractivity contribution is 0.180. The first kappa shape index (κ1) is 20.6. The second-order valence-electron chi connectivity index (χ2n) is 7.74. The summed E-state index contributed by atoms with van der Waals surface area (Å²) in [5.74, 6) is 0. The van der Waals surface area contributed by atoms with Crippen molar-refractivity contribution < 1.29 is 4.74 Å². The van der Waals surface area contributed by atoms with Crippen LogP contribution in [0, 0.1) is 13.8 Å². The van der Waals surface area contributed by atoms with Gasteiger partial charge in [-0.1, -0.05) is 12.1 Å². The Labute approximate surface area is 183 Å². The van der Waals surface area contributed by atoms with Crippen molar-refractivity contribution in [2.24, 2.45) is 0 Å². The van der Waals surface area contributed by atoms with E-state index in [1.165, 1.54) is 16.8 Å². The molecule has 1 aliphatic heterocycles. The van der Waals surface area contributed by atoms with E-state index < -0.39 is 0 Å². The predicted molar refractivity (Wildman–Crippen MR) is 124 cm³/mol. The fourth-order valence-corrected chi connectivity index (χ4v) is 4.42. The molecule has 156 valence electrons. The summed E-state index contributed by atoms with van der Waals surface area (Å²) < 4.78 is 7.55. The van der Waals surface area contributed by atoms with E-state index in [-0.39, 0.29) is 12.1 Å². The van der Waals surface area contributed by atoms with Gasteiger partial charge in [-0.25, -0.2) is 0 Å². The van der Waals surface area contributed by atoms with Crippen LogP contribution < -0.4 is 5.32 Å². The molecule has 1 N–H and O–H groups in total. The standard InChI is InChI=1S/C24H28N4OS/c1-17-10-11-19(16-18(17)2)27-13-6-9-21(27)23-22(20-8-4-5-12-25-20)26-24(30)28(23)14-7-15-29-3/h4-6,8-13,16,22-23H,7,14-15H2,1-3H3,(H,26,30)/t22-,23+/m0/s1. The summed E-state index contributed by atoms with van der Waals surface area (Å²) in [6.45, 7) is 5.83. The molecule has 0 radical (unpaired) electrons. The molecule has 0 amide bonds. The summed E-state index contributed by atoms with van der Waals surface area (Å²) >= 11 is 5.75. The maximum Gasteiger partial charge on any atom is 0.170 e. The largest absolute Gasteiger partial charge is 0.385 e. The first-order chi connectivity index (χ1) is 14.6. The Balaban J connectivity index is 1.76. The second-order valence-corrected chi connectivity index (χ2v) is 8.12. The quantitative estimate of drug-likeness (QED) is 0.450. The van der Waals surface area contributed by atoms with Crippen molar-refractivity contribution in [2.75, 3.05) is 20.3 Å². The van der Waals surface area contributed by atoms with E-state index in [0.29, 0.717) is 6.61 Å². The van der Waals surface area contributed by atoms with Gasteiger partial charge in [0.2, 0.25) is 0 Å². The molecule has 30 heavy (non-hydrogen) atoms. The Morgan fingerprint density at radius 1 is 1.10 bits per heavy atom. The molecule has 1 aliphatic rings. The fraction of sp³-hybridized carbons (Fsp3) is 0.333. The number of aryl methyl sites for hydroxylation is 2. The van der Waals surface area contributed by atoms with Crippen LogP contribution in [0.4, 0.5) is 0 Å². The monoisotopic (exact) mass is 420 g/mol. The van der Waals surface area contributed by atoms with Crippen LogP contribution >= 0.6 is 12.2 Å². The SMILES string of the molecule is COCCCN1C(=S)N[C@@H](c2ccccn2)[C@H]1c1cccn1-c1ccc(C)c(C)c1. The Kier molecular flexibility index (Phi) is 6.16. The van der Waals surface area contributed by atoms with Crippen molar-refractivity contribution in [3.63, 3.8) is 0 Å². The van der Waals surface area contributed by atoms with E-state index in [4.69, 9.17) is 17.0 Å². The molecule has 1 fully saturated rings. The van der Waals surface area contributed by atoms with Gasteiger partial charge in [0.1, 0.15) is 0 Å². The molecule has 0 saturated carbocycles. The van der Waals surface area contributed by atoms with E-state index in [0.717, 1.165) is 29.5 Å². The van der Waals surface area contributed by atoms with Crippen LogP contribution in [0.2, 0.25) is 0 Å². The molecule has 1 saturated heterocycles. The minimum absolute atomic E-state index is 0.0126. The fourth-order valence-electron chi connectivity index (χ4n) is 4.09. The van der Waals surface area contributed by atoms with Gasteiger partial charge in [0, 0.05) is 44.0 Å². The number of rotatable bonds is 7. The normalized spacial score (nSPS) is 18.6. The zero-order valence-electron chi connectivity index (χ0n) is 17.7. The van der Waals surface area contributed by atoms with Crippen LogP contribution in [0.3, 0.4) is 0 Å². The minimum atomic E-state index is -0.0126. The third-order valence-electron chi connectivity index (χ3n) is 5.80. The van der Waals surface area contributed by atoms with Gasteiger partial charge in [-0.3, -0.25) is 4.98 Å². The number of nitrogens with one attached hydrogen (secondary N) is 1. The lowest BCUT2D eigenvalue weighted by Gasteiger charge is -2.29. The van der Waals surface area contributed by atoms with Crippen molar-refractivity contribution in [2.45, 2.75) is 32.4 Å². The molecule has 0 bridgehead atoms. The summed E-state index contributed by atoms with van der Waals surface area (Å²) in [7, 11) is 1.74. The van der Waals surface area contributed by atoms with Crippen molar-refractivity contribution in [3.05, 3.63) is 83.4 Å². The lowest BCUT2D eigenvalue weighted by Crippen LogP contribution is -2.32. The lowest BCUT2D eigenvalue weighted by atomic mass is 10.0. The van der Waals surface area contributed by atoms with E-state index in [9.17, 15) is 0 Å². The molecule has 4 rings (SSSR count). The van der Waals surface area contributed by atoms with Gasteiger partial charge in [0.25, 0.3) is 0 Å². The van der Waals surface area contributed by atoms with Gasteiger partial charge < -0.3 is 19.5 Å². The molecular formula is C24H28N4OS. The Morgan fingerprint density at radius 3 is 2.70 bits per heavy atom. The van der Waals surface area contributed by atoms with E-state index in [1.54, 1.807) is 7.11 Å². The van der Waals surface area contributed by atoms with Gasteiger partial charge in [0.05, 0.1) is 17.8 Å². The average Bonchev–Trinajstić information content (AvgIpc) is 3.35. The zero-order valence-corrected chi connectivity index (χ0v) is 18.5. The number of nitrogens with zero attached hydrogens (tertiary/aromatic N) is 3. The summed E-state index contributed by atoms with van der Waals surface area (Å²) in [6, 6.07) is 17.0. The van der Waals surface area contributed by atoms with Gasteiger partial charge in [-0.15, -0.1) is 0 Å². The molecule has 5 nitrogen and oxygen atoms in total. The molecule has 2 aromatic heterocycles. The van der Waals surface area contributed by atoms with Crippen molar-refractivity contribution in [1.29, 1.82) is 0 Å². The number of hydrogen-bond donors (Lipinski definition) is 1. The molecule has 0 spiro atoms. The first-order valence-corrected chi connectivity index (χ1v) is 10.7. The Hall–Kier alpha value is -2.70. The minimum Gasteiger partial charge on any atom is -0.385 e. The topological polar surface area (TPSA) is 42.3 Å². The van der Waals surface area contributed by atoms with Crippen molar-refractivity contribution in [1.82, 2.24) is 19.8 Å². The average molecular weight is 421 g/mol. The highest BCUT2D eigenvalue weighted by atomic mass is 32.1. The molecule has 3 heterocycles. The smallest absolute Gasteiger partial charge is 0.170 e. The summed E-state index contributed by atoms with van der Waals surface area (Å²) in [6.07, 6.45) is 4.88. The van der Waals surface area contributed by atoms with Gasteiger partial charge in [-0.05, 0) is 80.0 Å². The number of thiocarbonyl (C=S) groups is 1. The van der Waals surface area contributed by atoms with Crippen LogP contribution in [0.25, 0.3) is 5.69 Å². The maximum atomic E-state index is 5.75. The van der Waals surface area contributed by atoms with E-state index in [2.05, 4.69) is 76.2 Å². The second kappa shape index (κ2) is 8.98. The van der Waals surface area contributed by atoms with Crippen LogP contribution in [-0.4, -0.2) is 39.8 Å². The number of pyridine rings is 1. The summed E-state index contributed by atoms with van der Waals surface area (Å²) in [5, 5.41) is 4.29. The molecule has 0 aliphatic carbocycles. The van der Waals surface area contributed by atoms with Crippen molar-refractivity contribution >= 4 is 17.3 Å². The molecular weight excluding hydrogens is 392 g/mol. The van der Waals surface area contributed by atoms with E-state index in [1.807, 2.05) is 18.3 Å². The third kappa shape index (κ3) is 3.98. The molecule has 1 aromatic carbocycles. The molecule has 0 unspecified atom stereocenters. The molecule has 6 heteroatoms. The Morgan fingerprint density at radius 2 is 1.97 bits per heavy atom. The zero-order chi connectivity index (χ0) is 21.1. The number of hydrogen-bond acceptors (Lipinski definition) is 3. The van der Waals surface area contributed by atoms with Crippen LogP contribution in [0.5, 0.6) is 0 Å². The number of ether oxygens (including phenoxy) is 1. The summed E-state index contributed by atoms with van der Waals surface area (Å²) in [4.78, 5) is 6.91. The maximum absolute atomic E-state index is 5.75. The molecule has 3 aromatic rings. The highest BCUT2D eigenvalue weighted by Gasteiger charge is 2.40. The van der Waals surface area contributed by atoms with E-state index >= 15 is 0 Å². The first-order valence-electron chi connectivity index (χ1n) is 10.3. The highest BCUT2D eigenvalue weighted by molar-refractivity contribution is 7.80. The summed E-state index contributed by atoms with van der Waals surface area (Å²) in [5.41, 5.74) is 5.92. The van der Waals surface area contributed by atoms with Crippen LogP contribution in [-0.2, 0) is 4.74 Å².